The largest absolute Gasteiger partial charge is 0.507 e. The van der Waals surface area contributed by atoms with Gasteiger partial charge < -0.3 is 25.8 Å². The molecule has 1 aliphatic heterocycles. The molecule has 0 aliphatic carbocycles. The molecule has 1 aromatic carbocycles. The highest BCUT2D eigenvalue weighted by atomic mass is 19.1. The van der Waals surface area contributed by atoms with Crippen LogP contribution in [-0.4, -0.2) is 65.2 Å². The van der Waals surface area contributed by atoms with Crippen LogP contribution in [0.25, 0.3) is 0 Å². The molecule has 1 heterocycles. The van der Waals surface area contributed by atoms with Crippen molar-refractivity contribution in [2.75, 3.05) is 26.2 Å². The molecule has 2 rings (SSSR count). The van der Waals surface area contributed by atoms with Gasteiger partial charge in [-0.3, -0.25) is 9.79 Å². The van der Waals surface area contributed by atoms with Crippen LogP contribution in [0.15, 0.2) is 34.5 Å². The number of aliphatic hydroxyl groups excluding tert-OH is 1. The fourth-order valence-corrected chi connectivity index (χ4v) is 4.20. The zero-order chi connectivity index (χ0) is 25.1. The summed E-state index contributed by atoms with van der Waals surface area (Å²) in [5, 5.41) is 31.8. The summed E-state index contributed by atoms with van der Waals surface area (Å²) >= 11 is 0. The number of benzene rings is 1. The van der Waals surface area contributed by atoms with Crippen LogP contribution >= 0.6 is 0 Å². The van der Waals surface area contributed by atoms with Gasteiger partial charge in [0, 0.05) is 54.0 Å². The van der Waals surface area contributed by atoms with Gasteiger partial charge in [0.15, 0.2) is 0 Å². The molecule has 0 fully saturated rings. The third-order valence-corrected chi connectivity index (χ3v) is 6.47. The fourth-order valence-electron chi connectivity index (χ4n) is 4.20. The van der Waals surface area contributed by atoms with Crippen LogP contribution in [0.5, 0.6) is 5.75 Å². The molecule has 4 N–H and O–H groups in total. The molecule has 188 valence electrons. The summed E-state index contributed by atoms with van der Waals surface area (Å²) < 4.78 is 13.3. The maximum Gasteiger partial charge on any atom is 0.147 e. The van der Waals surface area contributed by atoms with E-state index in [2.05, 4.69) is 22.1 Å². The highest BCUT2D eigenvalue weighted by Gasteiger charge is 2.19. The average molecular weight is 475 g/mol. The topological polar surface area (TPSA) is 109 Å². The third-order valence-electron chi connectivity index (χ3n) is 6.47. The predicted molar refractivity (Wildman–Crippen MR) is 134 cm³/mol. The minimum Gasteiger partial charge on any atom is -0.507 e. The Kier molecular flexibility index (Phi) is 11.4. The molecular weight excluding hydrogens is 435 g/mol. The molecule has 0 radical (unpaired) electrons. The van der Waals surface area contributed by atoms with Crippen LogP contribution in [0.3, 0.4) is 0 Å². The molecule has 0 bridgehead atoms. The number of aliphatic imine (C=N–C) groups is 1. The monoisotopic (exact) mass is 474 g/mol. The first-order valence-corrected chi connectivity index (χ1v) is 12.2. The second kappa shape index (κ2) is 14.0. The number of aromatic hydroxyl groups is 1. The molecule has 0 amide bonds. The first-order chi connectivity index (χ1) is 16.3. The normalized spacial score (nSPS) is 18.1. The lowest BCUT2D eigenvalue weighted by Crippen LogP contribution is -2.30. The van der Waals surface area contributed by atoms with Crippen molar-refractivity contribution in [1.82, 2.24) is 10.2 Å². The van der Waals surface area contributed by atoms with Crippen LogP contribution in [-0.2, 0) is 4.79 Å². The van der Waals surface area contributed by atoms with Gasteiger partial charge in [0.2, 0.25) is 0 Å². The number of carbonyl (C=O) groups is 1. The lowest BCUT2D eigenvalue weighted by molar-refractivity contribution is -0.105. The van der Waals surface area contributed by atoms with Crippen molar-refractivity contribution < 1.29 is 19.4 Å². The van der Waals surface area contributed by atoms with Crippen LogP contribution in [0, 0.1) is 17.1 Å². The number of aliphatic hydroxyl groups is 1. The summed E-state index contributed by atoms with van der Waals surface area (Å²) in [4.78, 5) is 18.5. The van der Waals surface area contributed by atoms with Crippen molar-refractivity contribution in [3.63, 3.8) is 0 Å². The third kappa shape index (κ3) is 8.33. The number of halogens is 1. The number of hydrogen-bond acceptors (Lipinski definition) is 7. The minimum atomic E-state index is -0.523. The molecule has 34 heavy (non-hydrogen) atoms. The molecule has 7 nitrogen and oxygen atoms in total. The van der Waals surface area contributed by atoms with Gasteiger partial charge in [-0.25, -0.2) is 4.39 Å². The number of allylic oxidation sites excluding steroid dienone is 1. The second-order valence-corrected chi connectivity index (χ2v) is 8.87. The van der Waals surface area contributed by atoms with E-state index in [1.54, 1.807) is 0 Å². The van der Waals surface area contributed by atoms with Gasteiger partial charge in [-0.15, -0.1) is 0 Å². The quantitative estimate of drug-likeness (QED) is 0.208. The number of aldehydes is 1. The van der Waals surface area contributed by atoms with Crippen molar-refractivity contribution in [3.8, 4) is 5.75 Å². The Hall–Kier alpha value is -2.58. The number of amidine groups is 1. The van der Waals surface area contributed by atoms with Crippen molar-refractivity contribution >= 4 is 17.8 Å². The smallest absolute Gasteiger partial charge is 0.147 e. The number of rotatable bonds is 12. The van der Waals surface area contributed by atoms with E-state index in [4.69, 9.17) is 5.41 Å². The summed E-state index contributed by atoms with van der Waals surface area (Å²) in [5.74, 6) is -0.0622. The van der Waals surface area contributed by atoms with E-state index in [9.17, 15) is 19.4 Å². The van der Waals surface area contributed by atoms with Gasteiger partial charge in [-0.1, -0.05) is 13.8 Å². The maximum absolute atomic E-state index is 13.3. The van der Waals surface area contributed by atoms with E-state index in [1.807, 2.05) is 13.8 Å². The molecule has 0 aromatic heterocycles. The molecule has 1 aliphatic rings. The summed E-state index contributed by atoms with van der Waals surface area (Å²) in [7, 11) is 0. The average Bonchev–Trinajstić information content (AvgIpc) is 3.01. The van der Waals surface area contributed by atoms with Gasteiger partial charge in [0.1, 0.15) is 23.7 Å². The summed E-state index contributed by atoms with van der Waals surface area (Å²) in [5.41, 5.74) is 2.13. The Morgan fingerprint density at radius 1 is 1.38 bits per heavy atom. The molecule has 8 heteroatoms. The molecule has 0 saturated heterocycles. The van der Waals surface area contributed by atoms with Crippen LogP contribution in [0.2, 0.25) is 0 Å². The van der Waals surface area contributed by atoms with Gasteiger partial charge >= 0.3 is 0 Å². The van der Waals surface area contributed by atoms with Gasteiger partial charge in [-0.2, -0.15) is 0 Å². The van der Waals surface area contributed by atoms with Gasteiger partial charge in [0.25, 0.3) is 0 Å². The van der Waals surface area contributed by atoms with Crippen LogP contribution in [0.1, 0.15) is 64.9 Å². The summed E-state index contributed by atoms with van der Waals surface area (Å²) in [6.45, 7) is 8.87. The van der Waals surface area contributed by atoms with E-state index in [0.717, 1.165) is 62.7 Å². The highest BCUT2D eigenvalue weighted by Crippen LogP contribution is 2.24. The van der Waals surface area contributed by atoms with Crippen LogP contribution < -0.4 is 5.32 Å². The predicted octanol–water partition coefficient (Wildman–Crippen LogP) is 4.03. The molecule has 2 atom stereocenters. The molecular formula is C26H39FN4O3. The number of hydrogen-bond donors (Lipinski definition) is 4. The van der Waals surface area contributed by atoms with E-state index < -0.39 is 11.9 Å². The molecule has 0 saturated carbocycles. The van der Waals surface area contributed by atoms with E-state index in [-0.39, 0.29) is 11.7 Å². The Morgan fingerprint density at radius 2 is 2.15 bits per heavy atom. The Labute approximate surface area is 202 Å². The Bertz CT molecular complexity index is 900. The number of phenols is 1. The zero-order valence-corrected chi connectivity index (χ0v) is 20.6. The summed E-state index contributed by atoms with van der Waals surface area (Å²) in [6, 6.07) is 3.77. The molecule has 0 spiro atoms. The first-order valence-electron chi connectivity index (χ1n) is 12.2. The molecule has 2 unspecified atom stereocenters. The minimum absolute atomic E-state index is 0.0606. The van der Waals surface area contributed by atoms with E-state index in [0.29, 0.717) is 42.8 Å². The van der Waals surface area contributed by atoms with Crippen molar-refractivity contribution in [2.24, 2.45) is 10.9 Å². The van der Waals surface area contributed by atoms with Crippen molar-refractivity contribution in [3.05, 3.63) is 40.8 Å². The Morgan fingerprint density at radius 3 is 2.79 bits per heavy atom. The fraction of sp³-hybridized carbons (Fsp3) is 0.577. The highest BCUT2D eigenvalue weighted by molar-refractivity contribution is 6.02. The van der Waals surface area contributed by atoms with E-state index >= 15 is 0 Å². The summed E-state index contributed by atoms with van der Waals surface area (Å²) in [6.07, 6.45) is 4.59. The lowest BCUT2D eigenvalue weighted by atomic mass is 9.90. The first kappa shape index (κ1) is 27.7. The number of carbonyl (C=O) groups excluding carboxylic acids is 1. The SMILES string of the molecule is CCC(CCN(CC)CC/C(C=O)=C(\C)NC1=NCCCC(O)C1)C(=N)c1ccc(F)cc1O. The number of phenolic OH excluding ortho intramolecular Hbond substituents is 1. The lowest BCUT2D eigenvalue weighted by Gasteiger charge is -2.24. The zero-order valence-electron chi connectivity index (χ0n) is 20.6. The van der Waals surface area contributed by atoms with Gasteiger partial charge in [-0.05, 0) is 64.3 Å². The standard InChI is InChI=1S/C26H39FN4O3/c1-4-19(26(28)23-9-8-21(27)15-24(23)34)10-13-31(5-2)14-11-20(17-32)18(3)30-25-16-22(33)7-6-12-29-25/h8-9,15,17,19,22,28,33-34H,4-7,10-14,16H2,1-3H3,(H,29,30)/b20-18-,28-26?. The van der Waals surface area contributed by atoms with Gasteiger partial charge in [0.05, 0.1) is 6.10 Å². The van der Waals surface area contributed by atoms with E-state index in [1.165, 1.54) is 12.1 Å². The maximum atomic E-state index is 13.3. The second-order valence-electron chi connectivity index (χ2n) is 8.87. The Balaban J connectivity index is 1.95. The van der Waals surface area contributed by atoms with Crippen molar-refractivity contribution in [1.29, 1.82) is 5.41 Å². The molecule has 1 aromatic rings. The van der Waals surface area contributed by atoms with Crippen molar-refractivity contribution in [2.45, 2.75) is 65.4 Å². The number of nitrogens with zero attached hydrogens (tertiary/aromatic N) is 2. The van der Waals surface area contributed by atoms with Crippen LogP contribution in [0.4, 0.5) is 4.39 Å². The number of nitrogens with one attached hydrogen (secondary N) is 2.